The summed E-state index contributed by atoms with van der Waals surface area (Å²) in [5, 5.41) is 0. The number of para-hydroxylation sites is 2. The molecule has 0 aliphatic carbocycles. The van der Waals surface area contributed by atoms with Crippen LogP contribution in [0.15, 0.2) is 128 Å². The van der Waals surface area contributed by atoms with E-state index in [-0.39, 0.29) is 0 Å². The molecule has 0 aliphatic heterocycles. The summed E-state index contributed by atoms with van der Waals surface area (Å²) < 4.78 is 11.9. The molecule has 0 N–H and O–H groups in total. The summed E-state index contributed by atoms with van der Waals surface area (Å²) in [5.74, 6) is 1.22. The number of benzene rings is 5. The van der Waals surface area contributed by atoms with Crippen LogP contribution in [-0.4, -0.2) is 22.4 Å². The number of aromatic nitrogens is 2. The molecule has 0 saturated heterocycles. The number of fused-ring (bicyclic) bond motifs is 2. The van der Waals surface area contributed by atoms with Gasteiger partial charge in [-0.1, -0.05) is 48.5 Å². The average molecular weight is 547 g/mol. The summed E-state index contributed by atoms with van der Waals surface area (Å²) in [6.45, 7) is 4.07. The quantitative estimate of drug-likeness (QED) is 0.195. The molecule has 0 amide bonds. The van der Waals surface area contributed by atoms with E-state index in [1.54, 1.807) is 0 Å². The van der Waals surface area contributed by atoms with E-state index in [0.29, 0.717) is 11.8 Å². The molecule has 6 nitrogen and oxygen atoms in total. The smallest absolute Gasteiger partial charge is 0.227 e. The molecule has 42 heavy (non-hydrogen) atoms. The standard InChI is InChI=1S/C36H26N4O2/c1-23-5-3-7-31-33(23)39-35(41-31)27-13-17-29(18-14-27)37-21-25-9-11-26(12-10-25)22-38-30-19-15-28(16-20-30)36-40-34-24(2)6-4-8-32(34)42-36/h3-22H,1-2H3. The largest absolute Gasteiger partial charge is 0.436 e. The Kier molecular flexibility index (Phi) is 6.49. The molecule has 2 aromatic heterocycles. The van der Waals surface area contributed by atoms with Crippen molar-refractivity contribution in [3.8, 4) is 22.9 Å². The highest BCUT2D eigenvalue weighted by Crippen LogP contribution is 2.29. The van der Waals surface area contributed by atoms with Crippen molar-refractivity contribution in [1.82, 2.24) is 9.97 Å². The van der Waals surface area contributed by atoms with Crippen molar-refractivity contribution in [2.24, 2.45) is 9.98 Å². The Bertz CT molecular complexity index is 1930. The van der Waals surface area contributed by atoms with Crippen LogP contribution in [-0.2, 0) is 0 Å². The van der Waals surface area contributed by atoms with Crippen molar-refractivity contribution in [2.75, 3.05) is 0 Å². The lowest BCUT2D eigenvalue weighted by Gasteiger charge is -1.99. The lowest BCUT2D eigenvalue weighted by atomic mass is 10.1. The van der Waals surface area contributed by atoms with Crippen molar-refractivity contribution >= 4 is 46.0 Å². The lowest BCUT2D eigenvalue weighted by molar-refractivity contribution is 0.619. The molecule has 0 saturated carbocycles. The van der Waals surface area contributed by atoms with E-state index in [0.717, 1.165) is 67.0 Å². The second kappa shape index (κ2) is 10.7. The molecule has 2 heterocycles. The van der Waals surface area contributed by atoms with Gasteiger partial charge in [0, 0.05) is 23.6 Å². The van der Waals surface area contributed by atoms with Crippen LogP contribution in [0.1, 0.15) is 22.3 Å². The highest BCUT2D eigenvalue weighted by Gasteiger charge is 2.10. The topological polar surface area (TPSA) is 76.8 Å². The highest BCUT2D eigenvalue weighted by molar-refractivity contribution is 5.86. The summed E-state index contributed by atoms with van der Waals surface area (Å²) in [6.07, 6.45) is 3.70. The van der Waals surface area contributed by atoms with Crippen LogP contribution in [0, 0.1) is 13.8 Å². The van der Waals surface area contributed by atoms with Crippen molar-refractivity contribution in [3.05, 3.63) is 131 Å². The third-order valence-electron chi connectivity index (χ3n) is 7.13. The number of oxazole rings is 2. The fraction of sp³-hybridized carbons (Fsp3) is 0.0556. The fourth-order valence-electron chi connectivity index (χ4n) is 4.77. The van der Waals surface area contributed by atoms with E-state index in [2.05, 4.69) is 20.0 Å². The van der Waals surface area contributed by atoms with Gasteiger partial charge in [0.05, 0.1) is 11.4 Å². The molecule has 5 aromatic carbocycles. The lowest BCUT2D eigenvalue weighted by Crippen LogP contribution is -1.84. The van der Waals surface area contributed by atoms with Gasteiger partial charge in [-0.3, -0.25) is 9.98 Å². The Morgan fingerprint density at radius 1 is 0.500 bits per heavy atom. The van der Waals surface area contributed by atoms with Gasteiger partial charge in [0.15, 0.2) is 11.2 Å². The van der Waals surface area contributed by atoms with E-state index >= 15 is 0 Å². The van der Waals surface area contributed by atoms with Gasteiger partial charge in [-0.25, -0.2) is 9.97 Å². The van der Waals surface area contributed by atoms with E-state index in [4.69, 9.17) is 8.83 Å². The first kappa shape index (κ1) is 25.4. The van der Waals surface area contributed by atoms with E-state index in [9.17, 15) is 0 Å². The van der Waals surface area contributed by atoms with Gasteiger partial charge >= 0.3 is 0 Å². The molecular weight excluding hydrogens is 520 g/mol. The predicted molar refractivity (Wildman–Crippen MR) is 169 cm³/mol. The van der Waals surface area contributed by atoms with Gasteiger partial charge in [-0.15, -0.1) is 0 Å². The second-order valence-corrected chi connectivity index (χ2v) is 10.2. The van der Waals surface area contributed by atoms with Gasteiger partial charge < -0.3 is 8.83 Å². The van der Waals surface area contributed by atoms with Crippen molar-refractivity contribution in [2.45, 2.75) is 13.8 Å². The van der Waals surface area contributed by atoms with Crippen LogP contribution in [0.2, 0.25) is 0 Å². The summed E-state index contributed by atoms with van der Waals surface area (Å²) in [4.78, 5) is 18.5. The van der Waals surface area contributed by atoms with Crippen molar-refractivity contribution in [1.29, 1.82) is 0 Å². The van der Waals surface area contributed by atoms with Gasteiger partial charge in [-0.2, -0.15) is 0 Å². The van der Waals surface area contributed by atoms with E-state index < -0.39 is 0 Å². The molecule has 0 spiro atoms. The molecule has 0 bridgehead atoms. The van der Waals surface area contributed by atoms with Crippen LogP contribution in [0.5, 0.6) is 0 Å². The Hall–Kier alpha value is -5.62. The number of aliphatic imine (C=N–C) groups is 2. The highest BCUT2D eigenvalue weighted by atomic mass is 16.4. The first-order chi connectivity index (χ1) is 20.6. The summed E-state index contributed by atoms with van der Waals surface area (Å²) >= 11 is 0. The zero-order valence-electron chi connectivity index (χ0n) is 23.2. The average Bonchev–Trinajstić information content (AvgIpc) is 3.67. The van der Waals surface area contributed by atoms with Crippen LogP contribution in [0.25, 0.3) is 45.1 Å². The van der Waals surface area contributed by atoms with Gasteiger partial charge in [0.25, 0.3) is 0 Å². The summed E-state index contributed by atoms with van der Waals surface area (Å²) in [6, 6.07) is 35.8. The van der Waals surface area contributed by atoms with Crippen LogP contribution in [0.4, 0.5) is 11.4 Å². The van der Waals surface area contributed by atoms with Crippen LogP contribution in [0.3, 0.4) is 0 Å². The predicted octanol–water partition coefficient (Wildman–Crippen LogP) is 9.42. The number of aryl methyl sites for hydroxylation is 2. The molecule has 0 unspecified atom stereocenters. The Morgan fingerprint density at radius 3 is 1.29 bits per heavy atom. The first-order valence-corrected chi connectivity index (χ1v) is 13.7. The number of hydrogen-bond donors (Lipinski definition) is 0. The van der Waals surface area contributed by atoms with Gasteiger partial charge in [0.1, 0.15) is 11.0 Å². The molecule has 7 aromatic rings. The minimum Gasteiger partial charge on any atom is -0.436 e. The Labute approximate surface area is 242 Å². The summed E-state index contributed by atoms with van der Waals surface area (Å²) in [5.41, 5.74) is 11.1. The van der Waals surface area contributed by atoms with E-state index in [1.165, 1.54) is 0 Å². The maximum atomic E-state index is 5.93. The zero-order chi connectivity index (χ0) is 28.5. The monoisotopic (exact) mass is 546 g/mol. The third kappa shape index (κ3) is 5.13. The SMILES string of the molecule is Cc1cccc2oc(-c3ccc(N=Cc4ccc(C=Nc5ccc(-c6nc7c(C)cccc7o6)cc5)cc4)cc3)nc12. The maximum Gasteiger partial charge on any atom is 0.227 e. The van der Waals surface area contributed by atoms with Crippen molar-refractivity contribution in [3.63, 3.8) is 0 Å². The molecule has 202 valence electrons. The molecule has 0 aliphatic rings. The molecule has 0 atom stereocenters. The molecule has 6 heteroatoms. The third-order valence-corrected chi connectivity index (χ3v) is 7.13. The Morgan fingerprint density at radius 2 is 0.905 bits per heavy atom. The molecule has 0 fully saturated rings. The van der Waals surface area contributed by atoms with Crippen LogP contribution >= 0.6 is 0 Å². The number of nitrogens with zero attached hydrogens (tertiary/aromatic N) is 4. The van der Waals surface area contributed by atoms with Gasteiger partial charge in [0.2, 0.25) is 11.8 Å². The molecule has 7 rings (SSSR count). The number of hydrogen-bond acceptors (Lipinski definition) is 6. The van der Waals surface area contributed by atoms with Crippen LogP contribution < -0.4 is 0 Å². The fourth-order valence-corrected chi connectivity index (χ4v) is 4.77. The Balaban J connectivity index is 0.991. The zero-order valence-corrected chi connectivity index (χ0v) is 23.2. The maximum absolute atomic E-state index is 5.93. The minimum atomic E-state index is 0.612. The van der Waals surface area contributed by atoms with Crippen molar-refractivity contribution < 1.29 is 8.83 Å². The summed E-state index contributed by atoms with van der Waals surface area (Å²) in [7, 11) is 0. The second-order valence-electron chi connectivity index (χ2n) is 10.2. The number of rotatable bonds is 6. The minimum absolute atomic E-state index is 0.612. The normalized spacial score (nSPS) is 11.9. The molecular formula is C36H26N4O2. The van der Waals surface area contributed by atoms with E-state index in [1.807, 2.05) is 135 Å². The molecule has 0 radical (unpaired) electrons. The first-order valence-electron chi connectivity index (χ1n) is 13.7. The van der Waals surface area contributed by atoms with Gasteiger partial charge in [-0.05, 0) is 96.8 Å².